The second-order valence-electron chi connectivity index (χ2n) is 5.33. The van der Waals surface area contributed by atoms with Crippen molar-refractivity contribution in [3.05, 3.63) is 43.0 Å². The van der Waals surface area contributed by atoms with Gasteiger partial charge in [-0.1, -0.05) is 0 Å². The highest BCUT2D eigenvalue weighted by molar-refractivity contribution is 5.90. The molecule has 5 nitrogen and oxygen atoms in total. The van der Waals surface area contributed by atoms with Gasteiger partial charge in [-0.2, -0.15) is 13.2 Å². The number of fused-ring (bicyclic) bond motifs is 1. The van der Waals surface area contributed by atoms with Gasteiger partial charge in [-0.05, 0) is 25.1 Å². The molecule has 0 radical (unpaired) electrons. The molecule has 0 bridgehead atoms. The summed E-state index contributed by atoms with van der Waals surface area (Å²) in [5.41, 5.74) is 1.15. The van der Waals surface area contributed by atoms with Crippen molar-refractivity contribution in [2.75, 3.05) is 11.9 Å². The Balaban J connectivity index is 2.19. The largest absolute Gasteiger partial charge is 0.408 e. The molecular formula is C16H14F3N5. The third-order valence-corrected chi connectivity index (χ3v) is 3.81. The molecule has 8 heteroatoms. The minimum Gasteiger partial charge on any atom is -0.347 e. The summed E-state index contributed by atoms with van der Waals surface area (Å²) in [4.78, 5) is 17.8. The number of halogens is 3. The maximum Gasteiger partial charge on any atom is 0.408 e. The van der Waals surface area contributed by atoms with Crippen LogP contribution in [-0.2, 0) is 0 Å². The summed E-state index contributed by atoms with van der Waals surface area (Å²) in [6.45, 7) is 1.10. The molecule has 0 saturated heterocycles. The van der Waals surface area contributed by atoms with Gasteiger partial charge in [0.05, 0.1) is 11.7 Å². The molecule has 0 aliphatic carbocycles. The zero-order valence-electron chi connectivity index (χ0n) is 13.0. The van der Waals surface area contributed by atoms with Gasteiger partial charge in [0.1, 0.15) is 11.9 Å². The average molecular weight is 333 g/mol. The number of nitrogens with zero attached hydrogens (tertiary/aromatic N) is 5. The lowest BCUT2D eigenvalue weighted by Gasteiger charge is -2.28. The van der Waals surface area contributed by atoms with Crippen molar-refractivity contribution in [1.29, 1.82) is 0 Å². The van der Waals surface area contributed by atoms with E-state index in [1.165, 1.54) is 19.4 Å². The molecule has 0 aromatic carbocycles. The van der Waals surface area contributed by atoms with Crippen molar-refractivity contribution in [2.24, 2.45) is 0 Å². The molecule has 0 aliphatic rings. The van der Waals surface area contributed by atoms with Crippen LogP contribution in [0.25, 0.3) is 22.3 Å². The van der Waals surface area contributed by atoms with Gasteiger partial charge in [0, 0.05) is 36.6 Å². The topological polar surface area (TPSA) is 54.8 Å². The normalized spacial score (nSPS) is 13.0. The van der Waals surface area contributed by atoms with E-state index >= 15 is 0 Å². The van der Waals surface area contributed by atoms with Gasteiger partial charge in [-0.15, -0.1) is 0 Å². The van der Waals surface area contributed by atoms with E-state index in [1.54, 1.807) is 30.6 Å². The summed E-state index contributed by atoms with van der Waals surface area (Å²) in [5.74, 6) is 0.535. The van der Waals surface area contributed by atoms with Crippen LogP contribution in [-0.4, -0.2) is 39.2 Å². The number of rotatable bonds is 3. The Labute approximate surface area is 136 Å². The molecule has 0 unspecified atom stereocenters. The standard InChI is InChI=1S/C16H14F3N5/c1-10(16(17,18)19)24(2)15-12-5-8-21-9-13(12)22-14(23-15)11-3-6-20-7-4-11/h3-10H,1-2H3/t10-/m1/s1. The first-order valence-corrected chi connectivity index (χ1v) is 7.19. The number of hydrogen-bond acceptors (Lipinski definition) is 5. The molecule has 0 saturated carbocycles. The van der Waals surface area contributed by atoms with E-state index in [0.717, 1.165) is 11.8 Å². The lowest BCUT2D eigenvalue weighted by Crippen LogP contribution is -2.41. The third-order valence-electron chi connectivity index (χ3n) is 3.81. The number of anilines is 1. The van der Waals surface area contributed by atoms with Crippen LogP contribution in [0.15, 0.2) is 43.0 Å². The fourth-order valence-electron chi connectivity index (χ4n) is 2.27. The summed E-state index contributed by atoms with van der Waals surface area (Å²) in [6, 6.07) is 3.33. The Bertz CT molecular complexity index is 851. The fourth-order valence-corrected chi connectivity index (χ4v) is 2.27. The van der Waals surface area contributed by atoms with Gasteiger partial charge in [-0.25, -0.2) is 9.97 Å². The molecule has 3 heterocycles. The van der Waals surface area contributed by atoms with Gasteiger partial charge < -0.3 is 4.90 Å². The van der Waals surface area contributed by atoms with Crippen LogP contribution < -0.4 is 4.90 Å². The van der Waals surface area contributed by atoms with Crippen molar-refractivity contribution >= 4 is 16.7 Å². The van der Waals surface area contributed by atoms with Gasteiger partial charge in [0.15, 0.2) is 5.82 Å². The van der Waals surface area contributed by atoms with Crippen molar-refractivity contribution in [1.82, 2.24) is 19.9 Å². The van der Waals surface area contributed by atoms with Gasteiger partial charge in [-0.3, -0.25) is 9.97 Å². The van der Waals surface area contributed by atoms with Gasteiger partial charge in [0.2, 0.25) is 0 Å². The van der Waals surface area contributed by atoms with Gasteiger partial charge >= 0.3 is 6.18 Å². The van der Waals surface area contributed by atoms with E-state index in [9.17, 15) is 13.2 Å². The maximum absolute atomic E-state index is 13.1. The Morgan fingerprint density at radius 2 is 1.67 bits per heavy atom. The van der Waals surface area contributed by atoms with Crippen molar-refractivity contribution in [3.8, 4) is 11.4 Å². The van der Waals surface area contributed by atoms with E-state index < -0.39 is 12.2 Å². The van der Waals surface area contributed by atoms with Gasteiger partial charge in [0.25, 0.3) is 0 Å². The summed E-state index contributed by atoms with van der Waals surface area (Å²) < 4.78 is 39.3. The molecule has 1 atom stereocenters. The number of aromatic nitrogens is 4. The van der Waals surface area contributed by atoms with E-state index in [1.807, 2.05) is 0 Å². The van der Waals surface area contributed by atoms with Crippen LogP contribution in [0.3, 0.4) is 0 Å². The zero-order valence-corrected chi connectivity index (χ0v) is 13.0. The van der Waals surface area contributed by atoms with E-state index in [2.05, 4.69) is 19.9 Å². The van der Waals surface area contributed by atoms with Crippen LogP contribution in [0.5, 0.6) is 0 Å². The average Bonchev–Trinajstić information content (AvgIpc) is 2.59. The quantitative estimate of drug-likeness (QED) is 0.734. The first-order valence-electron chi connectivity index (χ1n) is 7.19. The number of alkyl halides is 3. The molecule has 3 aromatic heterocycles. The second-order valence-corrected chi connectivity index (χ2v) is 5.33. The van der Waals surface area contributed by atoms with Crippen LogP contribution in [0.1, 0.15) is 6.92 Å². The predicted molar refractivity (Wildman–Crippen MR) is 84.5 cm³/mol. The Kier molecular flexibility index (Phi) is 4.04. The molecule has 0 spiro atoms. The Morgan fingerprint density at radius 3 is 2.33 bits per heavy atom. The predicted octanol–water partition coefficient (Wildman–Crippen LogP) is 3.47. The first kappa shape index (κ1) is 16.1. The summed E-state index contributed by atoms with van der Waals surface area (Å²) >= 11 is 0. The molecule has 124 valence electrons. The molecule has 3 rings (SSSR count). The summed E-state index contributed by atoms with van der Waals surface area (Å²) in [7, 11) is 1.37. The molecular weight excluding hydrogens is 319 g/mol. The Morgan fingerprint density at radius 1 is 1.00 bits per heavy atom. The maximum atomic E-state index is 13.1. The van der Waals surface area contributed by atoms with E-state index in [4.69, 9.17) is 0 Å². The smallest absolute Gasteiger partial charge is 0.347 e. The van der Waals surface area contributed by atoms with Crippen LogP contribution >= 0.6 is 0 Å². The summed E-state index contributed by atoms with van der Waals surface area (Å²) in [6.07, 6.45) is 1.81. The van der Waals surface area contributed by atoms with Crippen molar-refractivity contribution in [3.63, 3.8) is 0 Å². The van der Waals surface area contributed by atoms with Crippen LogP contribution in [0, 0.1) is 0 Å². The molecule has 0 fully saturated rings. The molecule has 3 aromatic rings. The highest BCUT2D eigenvalue weighted by Gasteiger charge is 2.39. The minimum absolute atomic E-state index is 0.207. The second kappa shape index (κ2) is 6.03. The third kappa shape index (κ3) is 2.99. The summed E-state index contributed by atoms with van der Waals surface area (Å²) in [5, 5.41) is 0.515. The number of hydrogen-bond donors (Lipinski definition) is 0. The van der Waals surface area contributed by atoms with Crippen LogP contribution in [0.4, 0.5) is 19.0 Å². The highest BCUT2D eigenvalue weighted by atomic mass is 19.4. The number of pyridine rings is 2. The lowest BCUT2D eigenvalue weighted by atomic mass is 10.2. The van der Waals surface area contributed by atoms with Crippen molar-refractivity contribution < 1.29 is 13.2 Å². The monoisotopic (exact) mass is 333 g/mol. The van der Waals surface area contributed by atoms with Crippen LogP contribution in [0.2, 0.25) is 0 Å². The minimum atomic E-state index is -4.37. The molecule has 24 heavy (non-hydrogen) atoms. The first-order chi connectivity index (χ1) is 11.4. The highest BCUT2D eigenvalue weighted by Crippen LogP contribution is 2.31. The van der Waals surface area contributed by atoms with Crippen molar-refractivity contribution in [2.45, 2.75) is 19.1 Å². The Hall–Kier alpha value is -2.77. The fraction of sp³-hybridized carbons (Fsp3) is 0.250. The lowest BCUT2D eigenvalue weighted by molar-refractivity contribution is -0.143. The van der Waals surface area contributed by atoms with E-state index in [0.29, 0.717) is 22.3 Å². The SMILES string of the molecule is C[C@@H](N(C)c1nc(-c2ccncc2)nc2cnccc12)C(F)(F)F. The molecule has 0 aliphatic heterocycles. The molecule has 0 N–H and O–H groups in total. The van der Waals surface area contributed by atoms with E-state index in [-0.39, 0.29) is 5.82 Å². The zero-order chi connectivity index (χ0) is 17.3. The molecule has 0 amide bonds.